The lowest BCUT2D eigenvalue weighted by atomic mass is 9.77. The minimum atomic E-state index is -0.432. The molecule has 0 bridgehead atoms. The van der Waals surface area contributed by atoms with Crippen LogP contribution in [0.2, 0.25) is 10.0 Å². The molecule has 5 rings (SSSR count). The maximum atomic E-state index is 11.6. The highest BCUT2D eigenvalue weighted by molar-refractivity contribution is 8.00. The molecule has 3 aromatic rings. The Morgan fingerprint density at radius 3 is 2.37 bits per heavy atom. The Morgan fingerprint density at radius 2 is 1.69 bits per heavy atom. The number of anilines is 1. The number of para-hydroxylation sites is 1. The van der Waals surface area contributed by atoms with Gasteiger partial charge in [0.25, 0.3) is 11.4 Å². The molecular formula is C24H18Cl3N3O4S. The fourth-order valence-corrected chi connectivity index (χ4v) is 7.65. The average Bonchev–Trinajstić information content (AvgIpc) is 3.15. The van der Waals surface area contributed by atoms with Crippen LogP contribution in [0.15, 0.2) is 65.6 Å². The molecule has 11 heteroatoms. The van der Waals surface area contributed by atoms with Gasteiger partial charge in [0.1, 0.15) is 0 Å². The SMILES string of the molecule is O=[N+]([O-])c1ccc(C2Nc3c(Cl)cc(Cl)cc3C3C(Cl)C(Sc4ccccc4[N+](=O)[O-])CC23)cc1. The first-order valence-electron chi connectivity index (χ1n) is 10.8. The van der Waals surface area contributed by atoms with Gasteiger partial charge in [-0.2, -0.15) is 0 Å². The largest absolute Gasteiger partial charge is 0.376 e. The Bertz CT molecular complexity index is 1320. The summed E-state index contributed by atoms with van der Waals surface area (Å²) in [7, 11) is 0. The van der Waals surface area contributed by atoms with Gasteiger partial charge < -0.3 is 5.32 Å². The van der Waals surface area contributed by atoms with Gasteiger partial charge in [-0.15, -0.1) is 23.4 Å². The topological polar surface area (TPSA) is 98.3 Å². The van der Waals surface area contributed by atoms with Crippen molar-refractivity contribution in [1.82, 2.24) is 0 Å². The van der Waals surface area contributed by atoms with E-state index >= 15 is 0 Å². The Hall–Kier alpha value is -2.52. The van der Waals surface area contributed by atoms with Crippen molar-refractivity contribution in [2.75, 3.05) is 5.32 Å². The van der Waals surface area contributed by atoms with E-state index in [1.54, 1.807) is 36.4 Å². The fraction of sp³-hybridized carbons (Fsp3) is 0.250. The molecule has 180 valence electrons. The lowest BCUT2D eigenvalue weighted by Gasteiger charge is -2.39. The van der Waals surface area contributed by atoms with E-state index in [2.05, 4.69) is 5.32 Å². The third-order valence-corrected chi connectivity index (χ3v) is 9.27. The number of alkyl halides is 1. The van der Waals surface area contributed by atoms with Crippen LogP contribution in [0.5, 0.6) is 0 Å². The summed E-state index contributed by atoms with van der Waals surface area (Å²) < 4.78 is 0. The maximum absolute atomic E-state index is 11.6. The van der Waals surface area contributed by atoms with Crippen LogP contribution >= 0.6 is 46.6 Å². The molecule has 1 heterocycles. The summed E-state index contributed by atoms with van der Waals surface area (Å²) in [4.78, 5) is 22.4. The zero-order chi connectivity index (χ0) is 24.9. The molecule has 3 aromatic carbocycles. The van der Waals surface area contributed by atoms with Crippen LogP contribution in [0.1, 0.15) is 29.5 Å². The molecule has 2 aliphatic rings. The third kappa shape index (κ3) is 4.44. The minimum Gasteiger partial charge on any atom is -0.376 e. The first kappa shape index (κ1) is 24.2. The van der Waals surface area contributed by atoms with Crippen molar-refractivity contribution in [2.45, 2.75) is 33.9 Å². The van der Waals surface area contributed by atoms with Crippen molar-refractivity contribution >= 4 is 63.6 Å². The van der Waals surface area contributed by atoms with Crippen molar-refractivity contribution in [3.8, 4) is 0 Å². The second kappa shape index (κ2) is 9.50. The van der Waals surface area contributed by atoms with Crippen molar-refractivity contribution in [3.05, 3.63) is 102 Å². The van der Waals surface area contributed by atoms with Crippen molar-refractivity contribution in [3.63, 3.8) is 0 Å². The maximum Gasteiger partial charge on any atom is 0.282 e. The van der Waals surface area contributed by atoms with Gasteiger partial charge >= 0.3 is 0 Å². The number of nitrogens with zero attached hydrogens (tertiary/aromatic N) is 2. The molecule has 1 aliphatic heterocycles. The lowest BCUT2D eigenvalue weighted by molar-refractivity contribution is -0.387. The lowest BCUT2D eigenvalue weighted by Crippen LogP contribution is -2.31. The highest BCUT2D eigenvalue weighted by Crippen LogP contribution is 2.59. The van der Waals surface area contributed by atoms with E-state index in [0.29, 0.717) is 21.4 Å². The number of rotatable bonds is 5. The van der Waals surface area contributed by atoms with Crippen LogP contribution in [-0.2, 0) is 0 Å². The predicted octanol–water partition coefficient (Wildman–Crippen LogP) is 7.85. The van der Waals surface area contributed by atoms with Gasteiger partial charge in [-0.3, -0.25) is 20.2 Å². The molecule has 0 spiro atoms. The van der Waals surface area contributed by atoms with Crippen LogP contribution in [0, 0.1) is 26.1 Å². The van der Waals surface area contributed by atoms with E-state index in [1.165, 1.54) is 30.0 Å². The molecule has 7 nitrogen and oxygen atoms in total. The van der Waals surface area contributed by atoms with Gasteiger partial charge in [-0.1, -0.05) is 47.5 Å². The molecule has 5 atom stereocenters. The summed E-state index contributed by atoms with van der Waals surface area (Å²) in [6.07, 6.45) is 0.674. The number of non-ortho nitro benzene ring substituents is 1. The summed E-state index contributed by atoms with van der Waals surface area (Å²) in [5, 5.41) is 26.7. The molecule has 1 N–H and O–H groups in total. The number of fused-ring (bicyclic) bond motifs is 3. The van der Waals surface area contributed by atoms with Crippen LogP contribution in [0.3, 0.4) is 0 Å². The monoisotopic (exact) mass is 549 g/mol. The number of hydrogen-bond donors (Lipinski definition) is 1. The van der Waals surface area contributed by atoms with Gasteiger partial charge in [0.05, 0.1) is 36.9 Å². The number of nitrogens with one attached hydrogen (secondary N) is 1. The summed E-state index contributed by atoms with van der Waals surface area (Å²) >= 11 is 21.4. The smallest absolute Gasteiger partial charge is 0.282 e. The molecule has 35 heavy (non-hydrogen) atoms. The third-order valence-electron chi connectivity index (χ3n) is 6.64. The summed E-state index contributed by atoms with van der Waals surface area (Å²) in [6, 6.07) is 16.4. The normalized spacial score (nSPS) is 24.8. The van der Waals surface area contributed by atoms with E-state index in [1.807, 2.05) is 6.07 Å². The number of halogens is 3. The molecule has 1 aliphatic carbocycles. The van der Waals surface area contributed by atoms with Crippen molar-refractivity contribution in [1.29, 1.82) is 0 Å². The number of nitro groups is 2. The second-order valence-corrected chi connectivity index (χ2v) is 11.2. The fourth-order valence-electron chi connectivity index (χ4n) is 5.15. The Labute approximate surface area is 220 Å². The zero-order valence-corrected chi connectivity index (χ0v) is 21.0. The molecular weight excluding hydrogens is 533 g/mol. The van der Waals surface area contributed by atoms with E-state index < -0.39 is 4.92 Å². The Balaban J connectivity index is 1.55. The quantitative estimate of drug-likeness (QED) is 0.197. The minimum absolute atomic E-state index is 0.0118. The van der Waals surface area contributed by atoms with Gasteiger partial charge in [0, 0.05) is 34.4 Å². The Kier molecular flexibility index (Phi) is 6.57. The first-order valence-corrected chi connectivity index (χ1v) is 12.9. The first-order chi connectivity index (χ1) is 16.7. The summed E-state index contributed by atoms with van der Waals surface area (Å²) in [6.45, 7) is 0. The van der Waals surface area contributed by atoms with Crippen LogP contribution < -0.4 is 5.32 Å². The molecule has 0 saturated heterocycles. The summed E-state index contributed by atoms with van der Waals surface area (Å²) in [5.41, 5.74) is 2.59. The molecule has 0 aromatic heterocycles. The highest BCUT2D eigenvalue weighted by Gasteiger charge is 2.51. The molecule has 5 unspecified atom stereocenters. The number of nitro benzene ring substituents is 2. The van der Waals surface area contributed by atoms with E-state index in [-0.39, 0.29) is 44.8 Å². The molecule has 1 fully saturated rings. The Morgan fingerprint density at radius 1 is 0.971 bits per heavy atom. The average molecular weight is 551 g/mol. The van der Waals surface area contributed by atoms with E-state index in [9.17, 15) is 20.2 Å². The molecule has 0 amide bonds. The van der Waals surface area contributed by atoms with Crippen LogP contribution in [0.25, 0.3) is 0 Å². The standard InChI is InChI=1S/C24H18Cl3N3O4S/c25-13-9-15-21-16(11-20(22(21)27)35-19-4-2-1-3-18(19)30(33)34)23(28-24(15)17(26)10-13)12-5-7-14(8-6-12)29(31)32/h1-10,16,20-23,28H,11H2. The van der Waals surface area contributed by atoms with Gasteiger partial charge in [-0.05, 0) is 41.7 Å². The van der Waals surface area contributed by atoms with Crippen LogP contribution in [0.4, 0.5) is 17.1 Å². The van der Waals surface area contributed by atoms with Gasteiger partial charge in [-0.25, -0.2) is 0 Å². The highest BCUT2D eigenvalue weighted by atomic mass is 35.5. The van der Waals surface area contributed by atoms with Gasteiger partial charge in [0.15, 0.2) is 0 Å². The number of thioether (sulfide) groups is 1. The van der Waals surface area contributed by atoms with E-state index in [0.717, 1.165) is 16.8 Å². The van der Waals surface area contributed by atoms with E-state index in [4.69, 9.17) is 34.8 Å². The van der Waals surface area contributed by atoms with Crippen molar-refractivity contribution in [2.24, 2.45) is 5.92 Å². The number of benzene rings is 3. The number of hydrogen-bond acceptors (Lipinski definition) is 6. The molecule has 0 radical (unpaired) electrons. The van der Waals surface area contributed by atoms with Gasteiger partial charge in [0.2, 0.25) is 0 Å². The predicted molar refractivity (Wildman–Crippen MR) is 139 cm³/mol. The second-order valence-electron chi connectivity index (χ2n) is 8.57. The van der Waals surface area contributed by atoms with Crippen LogP contribution in [-0.4, -0.2) is 20.5 Å². The molecule has 1 saturated carbocycles. The zero-order valence-electron chi connectivity index (χ0n) is 17.9. The van der Waals surface area contributed by atoms with Crippen molar-refractivity contribution < 1.29 is 9.85 Å². The summed E-state index contributed by atoms with van der Waals surface area (Å²) in [5.74, 6) is -0.106.